The number of nitrogens with zero attached hydrogens (tertiary/aromatic N) is 4. The van der Waals surface area contributed by atoms with E-state index in [0.29, 0.717) is 17.3 Å². The number of rotatable bonds is 6. The van der Waals surface area contributed by atoms with Crippen molar-refractivity contribution in [2.45, 2.75) is 19.4 Å². The van der Waals surface area contributed by atoms with Crippen LogP contribution in [-0.2, 0) is 18.3 Å². The van der Waals surface area contributed by atoms with E-state index in [-0.39, 0.29) is 0 Å². The molecular formula is C23H24N6O2. The van der Waals surface area contributed by atoms with Crippen LogP contribution in [0.1, 0.15) is 24.2 Å². The van der Waals surface area contributed by atoms with E-state index in [4.69, 9.17) is 0 Å². The lowest BCUT2D eigenvalue weighted by atomic mass is 10.0. The quantitative estimate of drug-likeness (QED) is 0.445. The molecule has 2 aromatic heterocycles. The molecule has 2 aromatic carbocycles. The van der Waals surface area contributed by atoms with Crippen molar-refractivity contribution >= 4 is 28.6 Å². The SMILES string of the molecule is CCc1cc(-c2cc(NC(=O)C(O)c3ccccc3)nn2C)cc2cnc(NC)nc12. The maximum absolute atomic E-state index is 12.5. The Kier molecular flexibility index (Phi) is 5.64. The molecule has 0 aliphatic rings. The van der Waals surface area contributed by atoms with Crippen LogP contribution in [0.5, 0.6) is 0 Å². The van der Waals surface area contributed by atoms with Gasteiger partial charge in [0.15, 0.2) is 11.9 Å². The first kappa shape index (κ1) is 20.5. The molecule has 8 heteroatoms. The number of aliphatic hydroxyl groups is 1. The van der Waals surface area contributed by atoms with E-state index >= 15 is 0 Å². The summed E-state index contributed by atoms with van der Waals surface area (Å²) < 4.78 is 1.70. The van der Waals surface area contributed by atoms with Crippen LogP contribution in [0.2, 0.25) is 0 Å². The minimum atomic E-state index is -1.27. The average Bonchev–Trinajstić information content (AvgIpc) is 3.17. The molecule has 2 heterocycles. The van der Waals surface area contributed by atoms with Crippen molar-refractivity contribution in [2.24, 2.45) is 7.05 Å². The number of aryl methyl sites for hydroxylation is 2. The summed E-state index contributed by atoms with van der Waals surface area (Å²) in [5, 5.41) is 21.3. The van der Waals surface area contributed by atoms with Crippen LogP contribution in [0.25, 0.3) is 22.2 Å². The highest BCUT2D eigenvalue weighted by Crippen LogP contribution is 2.29. The fourth-order valence-corrected chi connectivity index (χ4v) is 3.54. The number of aromatic nitrogens is 4. The molecule has 3 N–H and O–H groups in total. The van der Waals surface area contributed by atoms with Gasteiger partial charge in [-0.15, -0.1) is 0 Å². The third-order valence-corrected chi connectivity index (χ3v) is 5.16. The Morgan fingerprint density at radius 1 is 1.19 bits per heavy atom. The Bertz CT molecular complexity index is 1240. The molecule has 4 rings (SSSR count). The van der Waals surface area contributed by atoms with E-state index in [1.54, 1.807) is 48.3 Å². The second-order valence-electron chi connectivity index (χ2n) is 7.21. The largest absolute Gasteiger partial charge is 0.378 e. The lowest BCUT2D eigenvalue weighted by Gasteiger charge is -2.10. The zero-order chi connectivity index (χ0) is 22.0. The van der Waals surface area contributed by atoms with Gasteiger partial charge in [0, 0.05) is 37.3 Å². The number of hydrogen-bond donors (Lipinski definition) is 3. The van der Waals surface area contributed by atoms with Gasteiger partial charge in [-0.05, 0) is 29.7 Å². The van der Waals surface area contributed by atoms with Gasteiger partial charge in [-0.1, -0.05) is 37.3 Å². The number of nitrogens with one attached hydrogen (secondary N) is 2. The minimum absolute atomic E-state index is 0.373. The molecule has 0 aliphatic heterocycles. The molecule has 0 spiro atoms. The summed E-state index contributed by atoms with van der Waals surface area (Å²) in [5.74, 6) is 0.423. The van der Waals surface area contributed by atoms with Crippen LogP contribution in [0.3, 0.4) is 0 Å². The molecule has 1 atom stereocenters. The van der Waals surface area contributed by atoms with Crippen LogP contribution >= 0.6 is 0 Å². The van der Waals surface area contributed by atoms with E-state index in [9.17, 15) is 9.90 Å². The summed E-state index contributed by atoms with van der Waals surface area (Å²) in [6, 6.07) is 14.7. The monoisotopic (exact) mass is 416 g/mol. The summed E-state index contributed by atoms with van der Waals surface area (Å²) in [6.45, 7) is 2.08. The van der Waals surface area contributed by atoms with Gasteiger partial charge in [-0.25, -0.2) is 9.97 Å². The number of benzene rings is 2. The molecule has 0 fully saturated rings. The van der Waals surface area contributed by atoms with E-state index in [2.05, 4.69) is 38.7 Å². The Balaban J connectivity index is 1.64. The summed E-state index contributed by atoms with van der Waals surface area (Å²) in [7, 11) is 3.61. The van der Waals surface area contributed by atoms with Crippen LogP contribution < -0.4 is 10.6 Å². The zero-order valence-electron chi connectivity index (χ0n) is 17.6. The maximum Gasteiger partial charge on any atom is 0.259 e. The topological polar surface area (TPSA) is 105 Å². The van der Waals surface area contributed by atoms with E-state index in [0.717, 1.165) is 34.1 Å². The lowest BCUT2D eigenvalue weighted by molar-refractivity contribution is -0.124. The molecular weight excluding hydrogens is 392 g/mol. The summed E-state index contributed by atoms with van der Waals surface area (Å²) in [5.41, 5.74) is 4.31. The number of carbonyl (C=O) groups excluding carboxylic acids is 1. The van der Waals surface area contributed by atoms with Crippen molar-refractivity contribution in [1.29, 1.82) is 0 Å². The Morgan fingerprint density at radius 2 is 1.97 bits per heavy atom. The van der Waals surface area contributed by atoms with Crippen LogP contribution in [0.4, 0.5) is 11.8 Å². The van der Waals surface area contributed by atoms with Crippen molar-refractivity contribution < 1.29 is 9.90 Å². The normalized spacial score (nSPS) is 12.0. The third kappa shape index (κ3) is 4.10. The smallest absolute Gasteiger partial charge is 0.259 e. The van der Waals surface area contributed by atoms with Gasteiger partial charge in [0.25, 0.3) is 5.91 Å². The summed E-state index contributed by atoms with van der Waals surface area (Å²) in [6.07, 6.45) is 1.35. The van der Waals surface area contributed by atoms with Crippen molar-refractivity contribution in [3.8, 4) is 11.3 Å². The minimum Gasteiger partial charge on any atom is -0.378 e. The van der Waals surface area contributed by atoms with Crippen LogP contribution in [0.15, 0.2) is 54.7 Å². The average molecular weight is 416 g/mol. The Morgan fingerprint density at radius 3 is 2.68 bits per heavy atom. The van der Waals surface area contributed by atoms with Gasteiger partial charge in [0.2, 0.25) is 5.95 Å². The number of fused-ring (bicyclic) bond motifs is 1. The highest BCUT2D eigenvalue weighted by molar-refractivity contribution is 5.94. The zero-order valence-corrected chi connectivity index (χ0v) is 17.6. The first-order chi connectivity index (χ1) is 15.0. The Labute approximate surface area is 180 Å². The number of anilines is 2. The highest BCUT2D eigenvalue weighted by atomic mass is 16.3. The maximum atomic E-state index is 12.5. The molecule has 31 heavy (non-hydrogen) atoms. The molecule has 0 saturated carbocycles. The van der Waals surface area contributed by atoms with Gasteiger partial charge >= 0.3 is 0 Å². The summed E-state index contributed by atoms with van der Waals surface area (Å²) in [4.78, 5) is 21.4. The molecule has 0 bridgehead atoms. The van der Waals surface area contributed by atoms with Crippen molar-refractivity contribution in [2.75, 3.05) is 17.7 Å². The van der Waals surface area contributed by atoms with Crippen LogP contribution in [-0.4, -0.2) is 37.8 Å². The molecule has 0 aliphatic carbocycles. The molecule has 1 amide bonds. The second-order valence-corrected chi connectivity index (χ2v) is 7.21. The number of aliphatic hydroxyl groups excluding tert-OH is 1. The van der Waals surface area contributed by atoms with Crippen molar-refractivity contribution in [3.05, 3.63) is 65.9 Å². The standard InChI is InChI=1S/C23H24N6O2/c1-4-14-10-16(11-17-13-25-23(24-2)27-20(14)17)18-12-19(28-29(18)3)26-22(31)21(30)15-8-6-5-7-9-15/h5-13,21,30H,4H2,1-3H3,(H,24,25,27)(H,26,28,31). The van der Waals surface area contributed by atoms with Crippen molar-refractivity contribution in [1.82, 2.24) is 19.7 Å². The lowest BCUT2D eigenvalue weighted by Crippen LogP contribution is -2.21. The fourth-order valence-electron chi connectivity index (χ4n) is 3.54. The summed E-state index contributed by atoms with van der Waals surface area (Å²) >= 11 is 0. The molecule has 0 radical (unpaired) electrons. The van der Waals surface area contributed by atoms with Crippen molar-refractivity contribution in [3.63, 3.8) is 0 Å². The predicted octanol–water partition coefficient (Wildman–Crippen LogP) is 3.31. The number of carbonyl (C=O) groups is 1. The van der Waals surface area contributed by atoms with E-state index < -0.39 is 12.0 Å². The van der Waals surface area contributed by atoms with E-state index in [1.807, 2.05) is 19.2 Å². The predicted molar refractivity (Wildman–Crippen MR) is 121 cm³/mol. The molecule has 4 aromatic rings. The highest BCUT2D eigenvalue weighted by Gasteiger charge is 2.19. The van der Waals surface area contributed by atoms with Gasteiger partial charge in [0.05, 0.1) is 11.2 Å². The number of hydrogen-bond acceptors (Lipinski definition) is 6. The second kappa shape index (κ2) is 8.53. The van der Waals surface area contributed by atoms with Crippen LogP contribution in [0, 0.1) is 0 Å². The van der Waals surface area contributed by atoms with Gasteiger partial charge < -0.3 is 15.7 Å². The molecule has 158 valence electrons. The fraction of sp³-hybridized carbons (Fsp3) is 0.217. The first-order valence-corrected chi connectivity index (χ1v) is 10.1. The molecule has 8 nitrogen and oxygen atoms in total. The Hall–Kier alpha value is -3.78. The first-order valence-electron chi connectivity index (χ1n) is 10.1. The third-order valence-electron chi connectivity index (χ3n) is 5.16. The van der Waals surface area contributed by atoms with Gasteiger partial charge in [-0.2, -0.15) is 5.10 Å². The molecule has 0 saturated heterocycles. The molecule has 1 unspecified atom stereocenters. The van der Waals surface area contributed by atoms with Gasteiger partial charge in [-0.3, -0.25) is 9.48 Å². The number of amides is 1. The van der Waals surface area contributed by atoms with E-state index in [1.165, 1.54) is 0 Å². The van der Waals surface area contributed by atoms with Gasteiger partial charge in [0.1, 0.15) is 0 Å².